The highest BCUT2D eigenvalue weighted by Crippen LogP contribution is 2.15. The molecule has 0 aromatic rings. The van der Waals surface area contributed by atoms with Crippen molar-refractivity contribution in [2.45, 2.75) is 12.5 Å². The Morgan fingerprint density at radius 1 is 1.38 bits per heavy atom. The van der Waals surface area contributed by atoms with Crippen LogP contribution < -0.4 is 0 Å². The molecule has 0 atom stereocenters. The minimum absolute atomic E-state index is 0.379. The average molecular weight is 139 g/mol. The lowest BCUT2D eigenvalue weighted by Crippen LogP contribution is -2.12. The summed E-state index contributed by atoms with van der Waals surface area (Å²) in [4.78, 5) is 0. The smallest absolute Gasteiger partial charge is 0.238 e. The third-order valence-corrected chi connectivity index (χ3v) is 1.34. The molecule has 8 heavy (non-hydrogen) atoms. The Morgan fingerprint density at radius 3 is 2.00 bits per heavy atom. The first-order chi connectivity index (χ1) is 3.56. The van der Waals surface area contributed by atoms with Crippen molar-refractivity contribution in [3.8, 4) is 6.07 Å². The molecule has 0 aliphatic rings. The molecule has 0 amide bonds. The van der Waals surface area contributed by atoms with E-state index in [0.29, 0.717) is 0 Å². The predicted molar refractivity (Wildman–Crippen MR) is 24.1 cm³/mol. The molecule has 0 saturated heterocycles. The molecule has 0 radical (unpaired) electrons. The lowest BCUT2D eigenvalue weighted by Gasteiger charge is -1.93. The van der Waals surface area contributed by atoms with Crippen LogP contribution in [0, 0.1) is 11.3 Å². The molecule has 0 saturated carbocycles. The summed E-state index contributed by atoms with van der Waals surface area (Å²) in [7, 11) is -5.40. The first-order valence-corrected chi connectivity index (χ1v) is 3.84. The minimum Gasteiger partial charge on any atom is -0.238 e. The number of hydrogen-bond donors (Lipinski definition) is 0. The van der Waals surface area contributed by atoms with Gasteiger partial charge >= 0.3 is 9.08 Å². The van der Waals surface area contributed by atoms with Crippen molar-refractivity contribution < 1.29 is 12.3 Å². The van der Waals surface area contributed by atoms with E-state index in [-0.39, 0.29) is 6.42 Å². The molecule has 0 aliphatic carbocycles. The van der Waals surface area contributed by atoms with Crippen LogP contribution in [0.1, 0.15) is 6.42 Å². The van der Waals surface area contributed by atoms with Gasteiger partial charge in [-0.15, -0.1) is 0 Å². The number of hydrogen-bond acceptors (Lipinski definition) is 1. The van der Waals surface area contributed by atoms with E-state index in [0.717, 1.165) is 0 Å². The van der Waals surface area contributed by atoms with E-state index < -0.39 is 15.1 Å². The lowest BCUT2D eigenvalue weighted by molar-refractivity contribution is 0.469. The summed E-state index contributed by atoms with van der Waals surface area (Å²) in [5, 5.41) is 7.70. The Hall–Kier alpha value is -0.503. The maximum Gasteiger partial charge on any atom is 0.617 e. The molecular weight excluding hydrogens is 135 g/mol. The van der Waals surface area contributed by atoms with Gasteiger partial charge in [-0.05, 0) is 0 Å². The van der Waals surface area contributed by atoms with Crippen LogP contribution in [0.5, 0.6) is 0 Å². The Kier molecular flexibility index (Phi) is 2.55. The molecule has 0 aromatic heterocycles. The summed E-state index contributed by atoms with van der Waals surface area (Å²) in [6, 6.07) is 0.581. The van der Waals surface area contributed by atoms with Gasteiger partial charge in [-0.3, -0.25) is 0 Å². The molecule has 0 bridgehead atoms. The molecule has 46 valence electrons. The standard InChI is InChI=1S/C3H4F3NSi/c4-8(5,6)3-1-2-7/h1,3H2. The van der Waals surface area contributed by atoms with Gasteiger partial charge in [0.05, 0.1) is 6.07 Å². The van der Waals surface area contributed by atoms with E-state index in [2.05, 4.69) is 0 Å². The highest BCUT2D eigenvalue weighted by molar-refractivity contribution is 6.58. The van der Waals surface area contributed by atoms with Gasteiger partial charge in [-0.2, -0.15) is 5.26 Å². The van der Waals surface area contributed by atoms with Gasteiger partial charge in [-0.1, -0.05) is 0 Å². The summed E-state index contributed by atoms with van der Waals surface area (Å²) < 4.78 is 33.7. The monoisotopic (exact) mass is 139 g/mol. The fourth-order valence-electron chi connectivity index (χ4n) is 0.198. The molecule has 0 aliphatic heterocycles. The normalized spacial score (nSPS) is 10.8. The van der Waals surface area contributed by atoms with Gasteiger partial charge in [0.1, 0.15) is 0 Å². The average Bonchev–Trinajstić information content (AvgIpc) is 1.59. The summed E-state index contributed by atoms with van der Waals surface area (Å²) >= 11 is 0. The van der Waals surface area contributed by atoms with Gasteiger partial charge < -0.3 is 0 Å². The SMILES string of the molecule is N#CCC[Si](F)(F)F. The van der Waals surface area contributed by atoms with Crippen molar-refractivity contribution in [2.75, 3.05) is 0 Å². The highest BCUT2D eigenvalue weighted by Gasteiger charge is 2.35. The number of nitrogens with zero attached hydrogens (tertiary/aromatic N) is 1. The van der Waals surface area contributed by atoms with Gasteiger partial charge in [0.2, 0.25) is 0 Å². The Morgan fingerprint density at radius 2 is 1.88 bits per heavy atom. The molecule has 0 N–H and O–H groups in total. The second-order valence-corrected chi connectivity index (χ2v) is 3.00. The topological polar surface area (TPSA) is 23.8 Å². The van der Waals surface area contributed by atoms with Crippen molar-refractivity contribution in [3.63, 3.8) is 0 Å². The van der Waals surface area contributed by atoms with Crippen LogP contribution >= 0.6 is 0 Å². The van der Waals surface area contributed by atoms with E-state index in [1.54, 1.807) is 0 Å². The number of nitriles is 1. The van der Waals surface area contributed by atoms with E-state index in [1.165, 1.54) is 6.07 Å². The number of halogens is 3. The summed E-state index contributed by atoms with van der Waals surface area (Å²) in [6.45, 7) is 0. The van der Waals surface area contributed by atoms with Crippen LogP contribution in [0.25, 0.3) is 0 Å². The molecule has 0 heterocycles. The third-order valence-electron chi connectivity index (χ3n) is 0.520. The van der Waals surface area contributed by atoms with Gasteiger partial charge in [0, 0.05) is 12.5 Å². The van der Waals surface area contributed by atoms with Crippen LogP contribution in [0.15, 0.2) is 0 Å². The molecule has 1 nitrogen and oxygen atoms in total. The fourth-order valence-corrected chi connectivity index (χ4v) is 0.593. The minimum atomic E-state index is -5.40. The Labute approximate surface area is 46.3 Å². The van der Waals surface area contributed by atoms with Crippen molar-refractivity contribution in [2.24, 2.45) is 0 Å². The van der Waals surface area contributed by atoms with Crippen molar-refractivity contribution in [3.05, 3.63) is 0 Å². The van der Waals surface area contributed by atoms with E-state index in [4.69, 9.17) is 5.26 Å². The van der Waals surface area contributed by atoms with Gasteiger partial charge in [0.15, 0.2) is 0 Å². The molecule has 0 unspecified atom stereocenters. The second-order valence-electron chi connectivity index (χ2n) is 1.27. The second kappa shape index (κ2) is 2.72. The van der Waals surface area contributed by atoms with Crippen molar-refractivity contribution >= 4 is 9.08 Å². The summed E-state index contributed by atoms with van der Waals surface area (Å²) in [5.41, 5.74) is 0. The zero-order chi connectivity index (χ0) is 6.62. The van der Waals surface area contributed by atoms with Crippen LogP contribution in [-0.4, -0.2) is 9.08 Å². The zero-order valence-corrected chi connectivity index (χ0v) is 5.00. The number of rotatable bonds is 2. The van der Waals surface area contributed by atoms with Crippen LogP contribution in [0.2, 0.25) is 6.04 Å². The maximum absolute atomic E-state index is 11.2. The molecule has 0 aromatic carbocycles. The molecular formula is C3H4F3NSi. The first kappa shape index (κ1) is 7.50. The summed E-state index contributed by atoms with van der Waals surface area (Å²) in [6.07, 6.45) is -0.379. The van der Waals surface area contributed by atoms with Crippen LogP contribution in [-0.2, 0) is 0 Å². The van der Waals surface area contributed by atoms with Gasteiger partial charge in [0.25, 0.3) is 0 Å². The fraction of sp³-hybridized carbons (Fsp3) is 0.667. The molecule has 0 spiro atoms. The van der Waals surface area contributed by atoms with Gasteiger partial charge in [-0.25, -0.2) is 12.3 Å². The quantitative estimate of drug-likeness (QED) is 0.422. The Bertz CT molecular complexity index is 102. The van der Waals surface area contributed by atoms with Crippen molar-refractivity contribution in [1.82, 2.24) is 0 Å². The largest absolute Gasteiger partial charge is 0.617 e. The zero-order valence-electron chi connectivity index (χ0n) is 4.00. The maximum atomic E-state index is 11.2. The van der Waals surface area contributed by atoms with E-state index in [1.807, 2.05) is 0 Å². The van der Waals surface area contributed by atoms with Crippen LogP contribution in [0.4, 0.5) is 12.3 Å². The third kappa shape index (κ3) is 5.50. The van der Waals surface area contributed by atoms with Crippen LogP contribution in [0.3, 0.4) is 0 Å². The predicted octanol–water partition coefficient (Wildman–Crippen LogP) is 1.75. The highest BCUT2D eigenvalue weighted by atomic mass is 28.5. The first-order valence-electron chi connectivity index (χ1n) is 2.00. The molecule has 0 rings (SSSR count). The molecule has 5 heteroatoms. The van der Waals surface area contributed by atoms with Crippen molar-refractivity contribution in [1.29, 1.82) is 5.26 Å². The van der Waals surface area contributed by atoms with E-state index >= 15 is 0 Å². The van der Waals surface area contributed by atoms with E-state index in [9.17, 15) is 12.3 Å². The Balaban J connectivity index is 3.28. The lowest BCUT2D eigenvalue weighted by atomic mass is 10.6. The molecule has 0 fully saturated rings. The summed E-state index contributed by atoms with van der Waals surface area (Å²) in [5.74, 6) is 0.